The summed E-state index contributed by atoms with van der Waals surface area (Å²) in [7, 11) is 0. The van der Waals surface area contributed by atoms with Crippen LogP contribution >= 0.6 is 0 Å². The molecule has 5 nitrogen and oxygen atoms in total. The van der Waals surface area contributed by atoms with Gasteiger partial charge in [0.1, 0.15) is 0 Å². The number of aliphatic hydroxyl groups is 1. The molecule has 1 amide bonds. The molecule has 2 aromatic rings. The Morgan fingerprint density at radius 3 is 3.10 bits per heavy atom. The van der Waals surface area contributed by atoms with Crippen LogP contribution in [0.1, 0.15) is 17.3 Å². The van der Waals surface area contributed by atoms with E-state index >= 15 is 0 Å². The van der Waals surface area contributed by atoms with Crippen molar-refractivity contribution in [1.29, 1.82) is 0 Å². The summed E-state index contributed by atoms with van der Waals surface area (Å²) in [5.41, 5.74) is 1.45. The van der Waals surface area contributed by atoms with Crippen molar-refractivity contribution >= 4 is 16.8 Å². The Morgan fingerprint density at radius 1 is 1.43 bits per heavy atom. The third-order valence-electron chi connectivity index (χ3n) is 3.85. The number of ether oxygens (including phenoxy) is 1. The Morgan fingerprint density at radius 2 is 2.29 bits per heavy atom. The first kappa shape index (κ1) is 14.0. The highest BCUT2D eigenvalue weighted by Gasteiger charge is 2.30. The van der Waals surface area contributed by atoms with Gasteiger partial charge in [0.15, 0.2) is 0 Å². The molecule has 21 heavy (non-hydrogen) atoms. The van der Waals surface area contributed by atoms with E-state index in [0.717, 1.165) is 10.9 Å². The highest BCUT2D eigenvalue weighted by Crippen LogP contribution is 2.21. The zero-order chi connectivity index (χ0) is 14.8. The third-order valence-corrected chi connectivity index (χ3v) is 3.85. The summed E-state index contributed by atoms with van der Waals surface area (Å²) in [6.07, 6.45) is 1.41. The molecule has 0 spiro atoms. The SMILES string of the molecule is CC1COC(CO)CN1C(=O)c1cccc2ncccc12. The molecule has 1 aliphatic rings. The molecule has 2 heterocycles. The molecule has 0 bridgehead atoms. The number of aliphatic hydroxyl groups excluding tert-OH is 1. The van der Waals surface area contributed by atoms with Crippen LogP contribution in [-0.4, -0.2) is 52.8 Å². The number of morpholine rings is 1. The molecule has 3 rings (SSSR count). The topological polar surface area (TPSA) is 62.7 Å². The number of hydrogen-bond donors (Lipinski definition) is 1. The van der Waals surface area contributed by atoms with Crippen LogP contribution in [0.2, 0.25) is 0 Å². The lowest BCUT2D eigenvalue weighted by molar-refractivity contribution is -0.0666. The van der Waals surface area contributed by atoms with Crippen LogP contribution in [0.3, 0.4) is 0 Å². The van der Waals surface area contributed by atoms with Crippen LogP contribution in [-0.2, 0) is 4.74 Å². The molecule has 2 atom stereocenters. The standard InChI is InChI=1S/C16H18N2O3/c1-11-10-21-12(9-19)8-18(11)16(20)14-4-2-6-15-13(14)5-3-7-17-15/h2-7,11-12,19H,8-10H2,1H3. The number of nitrogens with zero attached hydrogens (tertiary/aromatic N) is 2. The monoisotopic (exact) mass is 286 g/mol. The van der Waals surface area contributed by atoms with Gasteiger partial charge < -0.3 is 14.7 Å². The number of fused-ring (bicyclic) bond motifs is 1. The van der Waals surface area contributed by atoms with E-state index in [4.69, 9.17) is 4.74 Å². The molecule has 2 unspecified atom stereocenters. The Bertz CT molecular complexity index is 654. The quantitative estimate of drug-likeness (QED) is 0.908. The van der Waals surface area contributed by atoms with E-state index in [0.29, 0.717) is 18.7 Å². The minimum atomic E-state index is -0.307. The number of pyridine rings is 1. The van der Waals surface area contributed by atoms with Crippen molar-refractivity contribution in [1.82, 2.24) is 9.88 Å². The predicted octanol–water partition coefficient (Wildman–Crippen LogP) is 1.46. The summed E-state index contributed by atoms with van der Waals surface area (Å²) in [6, 6.07) is 9.29. The van der Waals surface area contributed by atoms with Crippen LogP contribution in [0, 0.1) is 0 Å². The van der Waals surface area contributed by atoms with Crippen LogP contribution in [0.25, 0.3) is 10.9 Å². The van der Waals surface area contributed by atoms with Gasteiger partial charge in [0, 0.05) is 23.7 Å². The maximum atomic E-state index is 12.8. The molecule has 1 aromatic heterocycles. The van der Waals surface area contributed by atoms with Crippen molar-refractivity contribution in [2.24, 2.45) is 0 Å². The van der Waals surface area contributed by atoms with Crippen LogP contribution in [0.4, 0.5) is 0 Å². The van der Waals surface area contributed by atoms with Gasteiger partial charge in [-0.25, -0.2) is 0 Å². The second kappa shape index (κ2) is 5.79. The molecule has 1 aliphatic heterocycles. The summed E-state index contributed by atoms with van der Waals surface area (Å²) in [5, 5.41) is 10.1. The van der Waals surface area contributed by atoms with Crippen LogP contribution in [0.5, 0.6) is 0 Å². The molecule has 1 aromatic carbocycles. The number of benzene rings is 1. The van der Waals surface area contributed by atoms with Gasteiger partial charge >= 0.3 is 0 Å². The minimum absolute atomic E-state index is 0.00720. The average molecular weight is 286 g/mol. The maximum absolute atomic E-state index is 12.8. The van der Waals surface area contributed by atoms with E-state index in [1.165, 1.54) is 0 Å². The Balaban J connectivity index is 1.96. The molecule has 0 saturated carbocycles. The fraction of sp³-hybridized carbons (Fsp3) is 0.375. The van der Waals surface area contributed by atoms with Crippen molar-refractivity contribution in [2.75, 3.05) is 19.8 Å². The Labute approximate surface area is 123 Å². The van der Waals surface area contributed by atoms with Gasteiger partial charge in [0.2, 0.25) is 0 Å². The summed E-state index contributed by atoms with van der Waals surface area (Å²) >= 11 is 0. The first-order valence-corrected chi connectivity index (χ1v) is 7.08. The molecule has 0 aliphatic carbocycles. The van der Waals surface area contributed by atoms with Crippen molar-refractivity contribution in [3.63, 3.8) is 0 Å². The van der Waals surface area contributed by atoms with Crippen LogP contribution < -0.4 is 0 Å². The number of hydrogen-bond acceptors (Lipinski definition) is 4. The zero-order valence-corrected chi connectivity index (χ0v) is 11.9. The second-order valence-electron chi connectivity index (χ2n) is 5.32. The molecular weight excluding hydrogens is 268 g/mol. The molecule has 5 heteroatoms. The predicted molar refractivity (Wildman–Crippen MR) is 79.1 cm³/mol. The van der Waals surface area contributed by atoms with Gasteiger partial charge in [-0.3, -0.25) is 9.78 Å². The number of carbonyl (C=O) groups excluding carboxylic acids is 1. The third kappa shape index (κ3) is 2.62. The zero-order valence-electron chi connectivity index (χ0n) is 11.9. The minimum Gasteiger partial charge on any atom is -0.394 e. The van der Waals surface area contributed by atoms with Crippen molar-refractivity contribution in [2.45, 2.75) is 19.1 Å². The van der Waals surface area contributed by atoms with E-state index < -0.39 is 0 Å². The lowest BCUT2D eigenvalue weighted by atomic mass is 10.1. The lowest BCUT2D eigenvalue weighted by Gasteiger charge is -2.37. The average Bonchev–Trinajstić information content (AvgIpc) is 2.54. The molecule has 1 saturated heterocycles. The van der Waals surface area contributed by atoms with Gasteiger partial charge in [-0.05, 0) is 25.1 Å². The van der Waals surface area contributed by atoms with Crippen molar-refractivity contribution in [3.05, 3.63) is 42.1 Å². The second-order valence-corrected chi connectivity index (χ2v) is 5.32. The van der Waals surface area contributed by atoms with Crippen molar-refractivity contribution in [3.8, 4) is 0 Å². The van der Waals surface area contributed by atoms with Gasteiger partial charge in [-0.15, -0.1) is 0 Å². The smallest absolute Gasteiger partial charge is 0.254 e. The van der Waals surface area contributed by atoms with Gasteiger partial charge in [-0.2, -0.15) is 0 Å². The van der Waals surface area contributed by atoms with E-state index in [1.54, 1.807) is 11.1 Å². The Kier molecular flexibility index (Phi) is 3.86. The number of carbonyl (C=O) groups is 1. The van der Waals surface area contributed by atoms with E-state index in [2.05, 4.69) is 4.98 Å². The van der Waals surface area contributed by atoms with Crippen LogP contribution in [0.15, 0.2) is 36.5 Å². The summed E-state index contributed by atoms with van der Waals surface area (Å²) in [6.45, 7) is 2.73. The number of aromatic nitrogens is 1. The van der Waals surface area contributed by atoms with E-state index in [9.17, 15) is 9.90 Å². The first-order valence-electron chi connectivity index (χ1n) is 7.08. The highest BCUT2D eigenvalue weighted by atomic mass is 16.5. The maximum Gasteiger partial charge on any atom is 0.254 e. The molecular formula is C16H18N2O3. The number of rotatable bonds is 2. The van der Waals surface area contributed by atoms with Gasteiger partial charge in [0.05, 0.1) is 30.9 Å². The fourth-order valence-electron chi connectivity index (χ4n) is 2.66. The molecule has 0 radical (unpaired) electrons. The normalized spacial score (nSPS) is 22.5. The van der Waals surface area contributed by atoms with Gasteiger partial charge in [-0.1, -0.05) is 12.1 Å². The highest BCUT2D eigenvalue weighted by molar-refractivity contribution is 6.06. The van der Waals surface area contributed by atoms with E-state index in [-0.39, 0.29) is 24.7 Å². The summed E-state index contributed by atoms with van der Waals surface area (Å²) < 4.78 is 5.49. The summed E-state index contributed by atoms with van der Waals surface area (Å²) in [5.74, 6) is -0.0390. The number of amides is 1. The largest absolute Gasteiger partial charge is 0.394 e. The molecule has 1 N–H and O–H groups in total. The Hall–Kier alpha value is -1.98. The molecule has 1 fully saturated rings. The first-order chi connectivity index (χ1) is 10.2. The van der Waals surface area contributed by atoms with Crippen molar-refractivity contribution < 1.29 is 14.6 Å². The van der Waals surface area contributed by atoms with E-state index in [1.807, 2.05) is 37.3 Å². The van der Waals surface area contributed by atoms with Gasteiger partial charge in [0.25, 0.3) is 5.91 Å². The lowest BCUT2D eigenvalue weighted by Crippen LogP contribution is -2.52. The summed E-state index contributed by atoms with van der Waals surface area (Å²) in [4.78, 5) is 18.9. The molecule has 110 valence electrons. The fourth-order valence-corrected chi connectivity index (χ4v) is 2.66.